The summed E-state index contributed by atoms with van der Waals surface area (Å²) in [5.41, 5.74) is 5.53. The zero-order chi connectivity index (χ0) is 15.9. The predicted octanol–water partition coefficient (Wildman–Crippen LogP) is 1.30. The number of nitrogens with one attached hydrogen (secondary N) is 1. The summed E-state index contributed by atoms with van der Waals surface area (Å²) in [6.07, 6.45) is -3.24. The molecule has 2 aromatic rings. The summed E-state index contributed by atoms with van der Waals surface area (Å²) >= 11 is 0. The summed E-state index contributed by atoms with van der Waals surface area (Å²) in [4.78, 5) is 1.87. The summed E-state index contributed by atoms with van der Waals surface area (Å²) in [5.74, 6) is -0.523. The maximum absolute atomic E-state index is 12.9. The molecule has 1 fully saturated rings. The number of aromatic nitrogens is 4. The van der Waals surface area contributed by atoms with Crippen LogP contribution < -0.4 is 10.6 Å². The third kappa shape index (κ3) is 2.55. The molecule has 1 aliphatic rings. The van der Waals surface area contributed by atoms with Crippen LogP contribution >= 0.6 is 0 Å². The average Bonchev–Trinajstić information content (AvgIpc) is 2.90. The largest absolute Gasteiger partial charge is 0.453 e. The fourth-order valence-corrected chi connectivity index (χ4v) is 2.54. The van der Waals surface area contributed by atoms with Crippen molar-refractivity contribution in [3.8, 4) is 0 Å². The van der Waals surface area contributed by atoms with Crippen molar-refractivity contribution in [3.63, 3.8) is 0 Å². The maximum atomic E-state index is 12.9. The molecule has 3 heterocycles. The van der Waals surface area contributed by atoms with Crippen LogP contribution in [0.2, 0.25) is 0 Å². The van der Waals surface area contributed by atoms with E-state index in [2.05, 4.69) is 15.3 Å². The summed E-state index contributed by atoms with van der Waals surface area (Å²) in [7, 11) is 0. The lowest BCUT2D eigenvalue weighted by molar-refractivity contribution is -0.146. The predicted molar refractivity (Wildman–Crippen MR) is 72.6 cm³/mol. The number of alkyl halides is 3. The summed E-state index contributed by atoms with van der Waals surface area (Å²) < 4.78 is 39.3. The van der Waals surface area contributed by atoms with Crippen LogP contribution in [0.5, 0.6) is 0 Å². The molecule has 0 atom stereocenters. The number of piperidine rings is 1. The van der Waals surface area contributed by atoms with Crippen LogP contribution in [-0.2, 0) is 6.18 Å². The van der Waals surface area contributed by atoms with Gasteiger partial charge in [0.15, 0.2) is 5.65 Å². The molecule has 1 saturated heterocycles. The van der Waals surface area contributed by atoms with Gasteiger partial charge in [-0.05, 0) is 25.0 Å². The number of halogens is 3. The van der Waals surface area contributed by atoms with E-state index in [1.807, 2.05) is 4.90 Å². The van der Waals surface area contributed by atoms with Crippen molar-refractivity contribution >= 4 is 17.3 Å². The molecule has 3 N–H and O–H groups in total. The van der Waals surface area contributed by atoms with Crippen LogP contribution in [0.3, 0.4) is 0 Å². The van der Waals surface area contributed by atoms with Gasteiger partial charge in [-0.15, -0.1) is 15.3 Å². The van der Waals surface area contributed by atoms with Crippen molar-refractivity contribution < 1.29 is 13.2 Å². The normalized spacial score (nSPS) is 17.1. The van der Waals surface area contributed by atoms with Crippen molar-refractivity contribution in [2.75, 3.05) is 18.0 Å². The van der Waals surface area contributed by atoms with Gasteiger partial charge in [0.25, 0.3) is 5.82 Å². The van der Waals surface area contributed by atoms with Crippen LogP contribution in [0.4, 0.5) is 19.0 Å². The Morgan fingerprint density at radius 3 is 2.50 bits per heavy atom. The van der Waals surface area contributed by atoms with Crippen molar-refractivity contribution in [1.82, 2.24) is 19.8 Å². The Hall–Kier alpha value is -2.39. The quantitative estimate of drug-likeness (QED) is 0.643. The van der Waals surface area contributed by atoms with Gasteiger partial charge < -0.3 is 10.6 Å². The molecule has 22 heavy (non-hydrogen) atoms. The third-order valence-corrected chi connectivity index (χ3v) is 3.76. The molecule has 118 valence electrons. The molecule has 0 aliphatic carbocycles. The van der Waals surface area contributed by atoms with Crippen LogP contribution in [0.25, 0.3) is 5.65 Å². The van der Waals surface area contributed by atoms with Gasteiger partial charge in [-0.3, -0.25) is 5.41 Å². The Morgan fingerprint density at radius 2 is 1.91 bits per heavy atom. The van der Waals surface area contributed by atoms with Gasteiger partial charge in [0.05, 0.1) is 5.84 Å². The van der Waals surface area contributed by atoms with Crippen LogP contribution in [-0.4, -0.2) is 38.7 Å². The highest BCUT2D eigenvalue weighted by Gasteiger charge is 2.37. The van der Waals surface area contributed by atoms with Crippen molar-refractivity contribution in [3.05, 3.63) is 18.0 Å². The first-order chi connectivity index (χ1) is 10.4. The highest BCUT2D eigenvalue weighted by atomic mass is 19.4. The van der Waals surface area contributed by atoms with E-state index >= 15 is 0 Å². The number of hydrogen-bond acceptors (Lipinski definition) is 5. The lowest BCUT2D eigenvalue weighted by Gasteiger charge is -2.32. The summed E-state index contributed by atoms with van der Waals surface area (Å²) in [6.45, 7) is 1.18. The average molecular weight is 313 g/mol. The SMILES string of the molecule is N=C(N)C1CCN(c2ccc3nnc(C(F)(F)F)n3n2)CC1. The first-order valence-corrected chi connectivity index (χ1v) is 6.75. The molecule has 3 rings (SSSR count). The molecule has 0 saturated carbocycles. The molecule has 10 heteroatoms. The molecule has 7 nitrogen and oxygen atoms in total. The molecule has 0 unspecified atom stereocenters. The molecule has 1 aliphatic heterocycles. The monoisotopic (exact) mass is 313 g/mol. The number of fused-ring (bicyclic) bond motifs is 1. The van der Waals surface area contributed by atoms with E-state index in [-0.39, 0.29) is 17.4 Å². The summed E-state index contributed by atoms with van der Waals surface area (Å²) in [5, 5.41) is 18.1. The van der Waals surface area contributed by atoms with Crippen molar-refractivity contribution in [1.29, 1.82) is 5.41 Å². The first kappa shape index (κ1) is 14.5. The van der Waals surface area contributed by atoms with E-state index in [1.54, 1.807) is 6.07 Å². The van der Waals surface area contributed by atoms with Crippen LogP contribution in [0.15, 0.2) is 12.1 Å². The Balaban J connectivity index is 1.88. The molecule has 0 bridgehead atoms. The van der Waals surface area contributed by atoms with Gasteiger partial charge in [-0.1, -0.05) is 0 Å². The minimum atomic E-state index is -4.60. The Kier molecular flexibility index (Phi) is 3.38. The molecule has 2 aromatic heterocycles. The van der Waals surface area contributed by atoms with E-state index < -0.39 is 12.0 Å². The third-order valence-electron chi connectivity index (χ3n) is 3.76. The second kappa shape index (κ2) is 5.11. The highest BCUT2D eigenvalue weighted by Crippen LogP contribution is 2.28. The van der Waals surface area contributed by atoms with Crippen molar-refractivity contribution in [2.24, 2.45) is 11.7 Å². The van der Waals surface area contributed by atoms with E-state index in [1.165, 1.54) is 6.07 Å². The molecule has 0 amide bonds. The number of nitrogens with zero attached hydrogens (tertiary/aromatic N) is 5. The number of hydrogen-bond donors (Lipinski definition) is 2. The van der Waals surface area contributed by atoms with E-state index in [9.17, 15) is 13.2 Å². The lowest BCUT2D eigenvalue weighted by atomic mass is 9.96. The second-order valence-corrected chi connectivity index (χ2v) is 5.20. The Bertz CT molecular complexity index is 700. The Labute approximate surface area is 123 Å². The number of nitrogens with two attached hydrogens (primary N) is 1. The topological polar surface area (TPSA) is 96.2 Å². The minimum Gasteiger partial charge on any atom is -0.387 e. The fourth-order valence-electron chi connectivity index (χ4n) is 2.54. The molecule has 0 aromatic carbocycles. The van der Waals surface area contributed by atoms with Gasteiger partial charge in [0, 0.05) is 19.0 Å². The second-order valence-electron chi connectivity index (χ2n) is 5.20. The number of amidine groups is 1. The zero-order valence-corrected chi connectivity index (χ0v) is 11.5. The number of anilines is 1. The van der Waals surface area contributed by atoms with Gasteiger partial charge in [0.2, 0.25) is 0 Å². The lowest BCUT2D eigenvalue weighted by Crippen LogP contribution is -2.38. The fraction of sp³-hybridized carbons (Fsp3) is 0.500. The highest BCUT2D eigenvalue weighted by molar-refractivity contribution is 5.79. The first-order valence-electron chi connectivity index (χ1n) is 6.75. The van der Waals surface area contributed by atoms with E-state index in [0.717, 1.165) is 0 Å². The number of rotatable bonds is 2. The van der Waals surface area contributed by atoms with Gasteiger partial charge in [-0.2, -0.15) is 17.7 Å². The van der Waals surface area contributed by atoms with Crippen LogP contribution in [0, 0.1) is 11.3 Å². The smallest absolute Gasteiger partial charge is 0.387 e. The van der Waals surface area contributed by atoms with Gasteiger partial charge in [0.1, 0.15) is 5.82 Å². The molecular weight excluding hydrogens is 299 g/mol. The van der Waals surface area contributed by atoms with E-state index in [4.69, 9.17) is 11.1 Å². The van der Waals surface area contributed by atoms with Gasteiger partial charge in [-0.25, -0.2) is 0 Å². The molecule has 0 radical (unpaired) electrons. The molecule has 0 spiro atoms. The summed E-state index contributed by atoms with van der Waals surface area (Å²) in [6, 6.07) is 3.08. The van der Waals surface area contributed by atoms with Crippen molar-refractivity contribution in [2.45, 2.75) is 19.0 Å². The minimum absolute atomic E-state index is 0.0284. The molecular formula is C12H14F3N7. The van der Waals surface area contributed by atoms with Gasteiger partial charge >= 0.3 is 6.18 Å². The van der Waals surface area contributed by atoms with E-state index in [0.29, 0.717) is 36.3 Å². The zero-order valence-electron chi connectivity index (χ0n) is 11.5. The standard InChI is InChI=1S/C12H14F3N7/c13-12(14,15)11-19-18-8-1-2-9(20-22(8)11)21-5-3-7(4-6-21)10(16)17/h1-2,7H,3-6H2,(H3,16,17). The maximum Gasteiger partial charge on any atom is 0.453 e. The van der Waals surface area contributed by atoms with Crippen LogP contribution in [0.1, 0.15) is 18.7 Å². The Morgan fingerprint density at radius 1 is 1.23 bits per heavy atom.